The van der Waals surface area contributed by atoms with Gasteiger partial charge in [-0.05, 0) is 32.0 Å². The normalized spacial score (nSPS) is 28.8. The van der Waals surface area contributed by atoms with Crippen LogP contribution in [0.3, 0.4) is 0 Å². The molecule has 23 heavy (non-hydrogen) atoms. The van der Waals surface area contributed by atoms with Crippen LogP contribution in [0.25, 0.3) is 0 Å². The Hall–Kier alpha value is -1.77. The van der Waals surface area contributed by atoms with Crippen LogP contribution in [0.5, 0.6) is 0 Å². The summed E-state index contributed by atoms with van der Waals surface area (Å²) < 4.78 is 6.90. The van der Waals surface area contributed by atoms with E-state index in [0.717, 1.165) is 25.9 Å². The number of aliphatic hydroxyl groups excluding tert-OH is 1. The molecule has 3 atom stereocenters. The Morgan fingerprint density at radius 1 is 1.39 bits per heavy atom. The lowest BCUT2D eigenvalue weighted by Crippen LogP contribution is -2.41. The molecule has 2 aliphatic rings. The van der Waals surface area contributed by atoms with Gasteiger partial charge in [0.1, 0.15) is 18.1 Å². The average Bonchev–Trinajstić information content (AvgIpc) is 2.90. The fraction of sp³-hybridized carbons (Fsp3) is 0.667. The second-order valence-electron chi connectivity index (χ2n) is 6.16. The van der Waals surface area contributed by atoms with Gasteiger partial charge in [0, 0.05) is 12.6 Å². The van der Waals surface area contributed by atoms with Gasteiger partial charge in [-0.15, -0.1) is 0 Å². The van der Waals surface area contributed by atoms with Crippen molar-refractivity contribution in [2.45, 2.75) is 44.1 Å². The number of carbonyl (C=O) groups excluding carboxylic acids is 1. The third kappa shape index (κ3) is 3.60. The van der Waals surface area contributed by atoms with E-state index in [0.29, 0.717) is 0 Å². The van der Waals surface area contributed by atoms with Crippen molar-refractivity contribution in [2.24, 2.45) is 0 Å². The molecule has 3 rings (SSSR count). The van der Waals surface area contributed by atoms with Gasteiger partial charge >= 0.3 is 5.69 Å². The zero-order valence-corrected chi connectivity index (χ0v) is 12.9. The second-order valence-corrected chi connectivity index (χ2v) is 6.16. The monoisotopic (exact) mass is 322 g/mol. The summed E-state index contributed by atoms with van der Waals surface area (Å²) >= 11 is 0. The second kappa shape index (κ2) is 6.77. The van der Waals surface area contributed by atoms with Crippen LogP contribution in [0.2, 0.25) is 0 Å². The summed E-state index contributed by atoms with van der Waals surface area (Å²) in [6.07, 6.45) is 2.53. The van der Waals surface area contributed by atoms with Crippen LogP contribution in [-0.4, -0.2) is 57.2 Å². The largest absolute Gasteiger partial charge is 0.390 e. The van der Waals surface area contributed by atoms with E-state index in [9.17, 15) is 14.7 Å². The maximum Gasteiger partial charge on any atom is 0.351 e. The number of aliphatic hydroxyl groups is 1. The molecule has 0 spiro atoms. The molecule has 2 aliphatic heterocycles. The zero-order valence-electron chi connectivity index (χ0n) is 12.9. The number of anilines is 1. The fourth-order valence-electron chi connectivity index (χ4n) is 3.19. The number of carbonyl (C=O) groups is 1. The van der Waals surface area contributed by atoms with Gasteiger partial charge in [0.15, 0.2) is 5.78 Å². The molecule has 0 bridgehead atoms. The lowest BCUT2D eigenvalue weighted by molar-refractivity contribution is -0.136. The summed E-state index contributed by atoms with van der Waals surface area (Å²) in [6.45, 7) is 2.09. The van der Waals surface area contributed by atoms with Crippen molar-refractivity contribution < 1.29 is 14.6 Å². The zero-order chi connectivity index (χ0) is 16.4. The summed E-state index contributed by atoms with van der Waals surface area (Å²) in [6, 6.07) is 1.49. The highest BCUT2D eigenvalue weighted by molar-refractivity contribution is 5.85. The molecule has 3 N–H and O–H groups in total. The molecule has 3 heterocycles. The first-order chi connectivity index (χ1) is 11.0. The smallest absolute Gasteiger partial charge is 0.351 e. The number of rotatable bonds is 4. The van der Waals surface area contributed by atoms with Gasteiger partial charge in [-0.2, -0.15) is 4.98 Å². The van der Waals surface area contributed by atoms with Crippen LogP contribution in [0.15, 0.2) is 17.1 Å². The highest BCUT2D eigenvalue weighted by Crippen LogP contribution is 2.28. The highest BCUT2D eigenvalue weighted by atomic mass is 16.5. The number of ether oxygens (including phenoxy) is 1. The topological polar surface area (TPSA) is 111 Å². The predicted octanol–water partition coefficient (Wildman–Crippen LogP) is -0.471. The van der Waals surface area contributed by atoms with E-state index in [-0.39, 0.29) is 24.6 Å². The Balaban J connectivity index is 1.65. The Bertz CT molecular complexity index is 626. The minimum absolute atomic E-state index is 0.127. The summed E-state index contributed by atoms with van der Waals surface area (Å²) in [4.78, 5) is 30.0. The molecule has 1 aromatic heterocycles. The highest BCUT2D eigenvalue weighted by Gasteiger charge is 2.40. The SMILES string of the molecule is Nc1ccn([C@H]2C[C@H](O)[C@@H](C(=O)CN3CCCCC3)O2)c(=O)n1. The molecule has 2 saturated heterocycles. The lowest BCUT2D eigenvalue weighted by Gasteiger charge is -2.27. The summed E-state index contributed by atoms with van der Waals surface area (Å²) in [5.41, 5.74) is 4.91. The van der Waals surface area contributed by atoms with Gasteiger partial charge in [-0.3, -0.25) is 14.3 Å². The molecule has 0 saturated carbocycles. The van der Waals surface area contributed by atoms with Crippen molar-refractivity contribution in [2.75, 3.05) is 25.4 Å². The van der Waals surface area contributed by atoms with Crippen LogP contribution >= 0.6 is 0 Å². The molecule has 0 radical (unpaired) electrons. The van der Waals surface area contributed by atoms with Crippen molar-refractivity contribution in [1.29, 1.82) is 0 Å². The maximum atomic E-state index is 12.4. The first kappa shape index (κ1) is 16.1. The van der Waals surface area contributed by atoms with Crippen LogP contribution in [0.4, 0.5) is 5.82 Å². The van der Waals surface area contributed by atoms with Crippen LogP contribution in [-0.2, 0) is 9.53 Å². The van der Waals surface area contributed by atoms with Gasteiger partial charge in [0.05, 0.1) is 12.6 Å². The molecule has 8 nitrogen and oxygen atoms in total. The molecule has 0 aromatic carbocycles. The minimum Gasteiger partial charge on any atom is -0.390 e. The molecular weight excluding hydrogens is 300 g/mol. The van der Waals surface area contributed by atoms with E-state index in [1.54, 1.807) is 0 Å². The number of hydrogen-bond donors (Lipinski definition) is 2. The van der Waals surface area contributed by atoms with Gasteiger partial charge < -0.3 is 15.6 Å². The molecule has 0 aliphatic carbocycles. The predicted molar refractivity (Wildman–Crippen MR) is 82.7 cm³/mol. The Labute approximate surface area is 133 Å². The standard InChI is InChI=1S/C15H22N4O4/c16-12-4-7-19(15(22)17-12)13-8-10(20)14(23-13)11(21)9-18-5-2-1-3-6-18/h4,7,10,13-14,20H,1-3,5-6,8-9H2,(H2,16,17,22)/t10-,13+,14-/m0/s1. The molecule has 0 amide bonds. The molecular formula is C15H22N4O4. The summed E-state index contributed by atoms with van der Waals surface area (Å²) in [5, 5.41) is 10.1. The van der Waals surface area contributed by atoms with Gasteiger partial charge in [0.25, 0.3) is 0 Å². The first-order valence-corrected chi connectivity index (χ1v) is 7.98. The number of hydrogen-bond acceptors (Lipinski definition) is 7. The Morgan fingerprint density at radius 2 is 2.13 bits per heavy atom. The first-order valence-electron chi connectivity index (χ1n) is 7.98. The number of nitrogen functional groups attached to an aromatic ring is 1. The quantitative estimate of drug-likeness (QED) is 0.771. The number of nitrogens with zero attached hydrogens (tertiary/aromatic N) is 3. The number of nitrogens with two attached hydrogens (primary N) is 1. The summed E-state index contributed by atoms with van der Waals surface area (Å²) in [5.74, 6) is -0.0131. The molecule has 2 fully saturated rings. The molecule has 0 unspecified atom stereocenters. The number of ketones is 1. The lowest BCUT2D eigenvalue weighted by atomic mass is 10.1. The number of aromatic nitrogens is 2. The van der Waals surface area contributed by atoms with E-state index in [1.807, 2.05) is 0 Å². The van der Waals surface area contributed by atoms with Crippen molar-refractivity contribution in [3.05, 3.63) is 22.7 Å². The minimum atomic E-state index is -0.915. The maximum absolute atomic E-state index is 12.4. The van der Waals surface area contributed by atoms with Crippen molar-refractivity contribution in [3.63, 3.8) is 0 Å². The number of likely N-dealkylation sites (tertiary alicyclic amines) is 1. The van der Waals surface area contributed by atoms with E-state index in [1.165, 1.54) is 23.3 Å². The van der Waals surface area contributed by atoms with Crippen LogP contribution in [0.1, 0.15) is 31.9 Å². The molecule has 8 heteroatoms. The van der Waals surface area contributed by atoms with Gasteiger partial charge in [0.2, 0.25) is 0 Å². The fourth-order valence-corrected chi connectivity index (χ4v) is 3.19. The number of piperidine rings is 1. The van der Waals surface area contributed by atoms with E-state index < -0.39 is 24.1 Å². The van der Waals surface area contributed by atoms with Crippen molar-refractivity contribution in [3.8, 4) is 0 Å². The van der Waals surface area contributed by atoms with Crippen molar-refractivity contribution >= 4 is 11.6 Å². The Kier molecular flexibility index (Phi) is 4.74. The molecule has 1 aromatic rings. The Morgan fingerprint density at radius 3 is 2.83 bits per heavy atom. The van der Waals surface area contributed by atoms with E-state index in [2.05, 4.69) is 9.88 Å². The molecule has 126 valence electrons. The van der Waals surface area contributed by atoms with E-state index >= 15 is 0 Å². The summed E-state index contributed by atoms with van der Waals surface area (Å²) in [7, 11) is 0. The number of Topliss-reactive ketones (excluding diaryl/α,β-unsaturated/α-hetero) is 1. The third-order valence-electron chi connectivity index (χ3n) is 4.40. The van der Waals surface area contributed by atoms with Gasteiger partial charge in [-0.1, -0.05) is 6.42 Å². The van der Waals surface area contributed by atoms with Gasteiger partial charge in [-0.25, -0.2) is 4.79 Å². The van der Waals surface area contributed by atoms with Crippen LogP contribution in [0, 0.1) is 0 Å². The van der Waals surface area contributed by atoms with Crippen molar-refractivity contribution in [1.82, 2.24) is 14.5 Å². The van der Waals surface area contributed by atoms with Crippen LogP contribution < -0.4 is 11.4 Å². The third-order valence-corrected chi connectivity index (χ3v) is 4.40. The average molecular weight is 322 g/mol. The van der Waals surface area contributed by atoms with E-state index in [4.69, 9.17) is 10.5 Å².